The molecule has 0 atom stereocenters. The van der Waals surface area contributed by atoms with Gasteiger partial charge in [-0.05, 0) is 31.9 Å². The molecule has 1 amide bonds. The molecule has 0 unspecified atom stereocenters. The first kappa shape index (κ1) is 19.1. The first-order chi connectivity index (χ1) is 15.5. The summed E-state index contributed by atoms with van der Waals surface area (Å²) in [6.45, 7) is 4.52. The number of aryl methyl sites for hydroxylation is 1. The average molecular weight is 431 g/mol. The van der Waals surface area contributed by atoms with E-state index in [4.69, 9.17) is 0 Å². The van der Waals surface area contributed by atoms with Crippen LogP contribution in [0.4, 0.5) is 15.8 Å². The Morgan fingerprint density at radius 2 is 2.00 bits per heavy atom. The first-order valence-corrected chi connectivity index (χ1v) is 10.7. The molecule has 1 aromatic carbocycles. The van der Waals surface area contributed by atoms with Gasteiger partial charge in [-0.2, -0.15) is 0 Å². The number of carbonyl (C=O) groups excluding carboxylic acids is 1. The van der Waals surface area contributed by atoms with Gasteiger partial charge in [0.15, 0.2) is 11.5 Å². The highest BCUT2D eigenvalue weighted by Gasteiger charge is 2.45. The van der Waals surface area contributed by atoms with Crippen LogP contribution in [-0.4, -0.2) is 50.4 Å². The first-order valence-electron chi connectivity index (χ1n) is 10.7. The van der Waals surface area contributed by atoms with Crippen molar-refractivity contribution in [2.45, 2.75) is 25.3 Å². The summed E-state index contributed by atoms with van der Waals surface area (Å²) < 4.78 is 16.0. The summed E-state index contributed by atoms with van der Waals surface area (Å²) in [6.07, 6.45) is 8.96. The summed E-state index contributed by atoms with van der Waals surface area (Å²) in [5.74, 6) is -0.861. The van der Waals surface area contributed by atoms with Crippen LogP contribution in [0, 0.1) is 12.7 Å². The summed E-state index contributed by atoms with van der Waals surface area (Å²) in [7, 11) is 0. The largest absolute Gasteiger partial charge is 0.367 e. The Labute approximate surface area is 183 Å². The van der Waals surface area contributed by atoms with E-state index in [9.17, 15) is 9.18 Å². The van der Waals surface area contributed by atoms with E-state index in [0.29, 0.717) is 28.0 Å². The van der Waals surface area contributed by atoms with Crippen LogP contribution in [-0.2, 0) is 0 Å². The Balaban J connectivity index is 1.35. The molecule has 2 fully saturated rings. The lowest BCUT2D eigenvalue weighted by molar-refractivity contribution is 0.102. The van der Waals surface area contributed by atoms with Crippen molar-refractivity contribution >= 4 is 34.0 Å². The highest BCUT2D eigenvalue weighted by molar-refractivity contribution is 6.13. The Bertz CT molecular complexity index is 1380. The van der Waals surface area contributed by atoms with Gasteiger partial charge < -0.3 is 19.9 Å². The molecule has 8 nitrogen and oxygen atoms in total. The standard InChI is InChI=1S/C23H22FN7O/c1-14-11-31-12-15(10-17(24)21(31)28-14)29-22(32)16-2-3-18(20-19(16)25-6-7-26-20)30-9-8-27-23(13-30)4-5-23/h2-3,6-7,10-12,27H,4-5,8-9,13H2,1H3,(H,29,32). The van der Waals surface area contributed by atoms with Gasteiger partial charge in [0.2, 0.25) is 0 Å². The van der Waals surface area contributed by atoms with Crippen LogP contribution >= 0.6 is 0 Å². The van der Waals surface area contributed by atoms with E-state index in [1.165, 1.54) is 18.9 Å². The number of nitrogens with one attached hydrogen (secondary N) is 2. The predicted octanol–water partition coefficient (Wildman–Crippen LogP) is 2.92. The van der Waals surface area contributed by atoms with Crippen molar-refractivity contribution < 1.29 is 9.18 Å². The number of fused-ring (bicyclic) bond motifs is 2. The van der Waals surface area contributed by atoms with Crippen molar-refractivity contribution in [2.24, 2.45) is 0 Å². The number of aromatic nitrogens is 4. The van der Waals surface area contributed by atoms with Crippen LogP contribution in [0.15, 0.2) is 43.0 Å². The quantitative estimate of drug-likeness (QED) is 0.519. The molecule has 2 aliphatic rings. The second-order valence-corrected chi connectivity index (χ2v) is 8.66. The fourth-order valence-electron chi connectivity index (χ4n) is 4.58. The SMILES string of the molecule is Cc1cn2cc(NC(=O)c3ccc(N4CCNC5(CC5)C4)c4nccnc34)cc(F)c2n1. The second kappa shape index (κ2) is 6.96. The number of pyridine rings is 1. The summed E-state index contributed by atoms with van der Waals surface area (Å²) in [5, 5.41) is 6.41. The smallest absolute Gasteiger partial charge is 0.257 e. The Morgan fingerprint density at radius 1 is 1.19 bits per heavy atom. The number of anilines is 2. The third kappa shape index (κ3) is 3.16. The molecule has 1 saturated heterocycles. The Hall–Kier alpha value is -3.59. The number of amides is 1. The van der Waals surface area contributed by atoms with Crippen LogP contribution in [0.1, 0.15) is 28.9 Å². The molecule has 0 radical (unpaired) electrons. The van der Waals surface area contributed by atoms with Crippen LogP contribution in [0.25, 0.3) is 16.7 Å². The Kier molecular flexibility index (Phi) is 4.16. The number of rotatable bonds is 3. The third-order valence-electron chi connectivity index (χ3n) is 6.30. The van der Waals surface area contributed by atoms with E-state index < -0.39 is 5.82 Å². The molecule has 32 heavy (non-hydrogen) atoms. The molecule has 2 N–H and O–H groups in total. The molecule has 0 bridgehead atoms. The van der Waals surface area contributed by atoms with Crippen molar-refractivity contribution in [3.05, 3.63) is 60.1 Å². The zero-order valence-corrected chi connectivity index (χ0v) is 17.6. The van der Waals surface area contributed by atoms with E-state index in [-0.39, 0.29) is 17.1 Å². The van der Waals surface area contributed by atoms with Gasteiger partial charge in [-0.3, -0.25) is 14.8 Å². The van der Waals surface area contributed by atoms with Gasteiger partial charge in [0.1, 0.15) is 11.0 Å². The minimum atomic E-state index is -0.497. The molecule has 1 aliphatic carbocycles. The van der Waals surface area contributed by atoms with Crippen LogP contribution in [0.3, 0.4) is 0 Å². The number of hydrogen-bond donors (Lipinski definition) is 2. The normalized spacial score (nSPS) is 17.2. The van der Waals surface area contributed by atoms with Gasteiger partial charge in [0.25, 0.3) is 5.91 Å². The van der Waals surface area contributed by atoms with E-state index in [2.05, 4.69) is 30.5 Å². The number of carbonyl (C=O) groups is 1. The molecule has 162 valence electrons. The number of piperazine rings is 1. The fraction of sp³-hybridized carbons (Fsp3) is 0.304. The van der Waals surface area contributed by atoms with Gasteiger partial charge in [-0.25, -0.2) is 9.37 Å². The topological polar surface area (TPSA) is 87.5 Å². The summed E-state index contributed by atoms with van der Waals surface area (Å²) in [5.41, 5.74) is 4.11. The number of benzene rings is 1. The molecule has 1 saturated carbocycles. The molecule has 3 aromatic heterocycles. The maximum Gasteiger partial charge on any atom is 0.257 e. The molecule has 1 spiro atoms. The van der Waals surface area contributed by atoms with Gasteiger partial charge in [-0.15, -0.1) is 0 Å². The number of imidazole rings is 1. The molecular formula is C23H22FN7O. The number of nitrogens with zero attached hydrogens (tertiary/aromatic N) is 5. The molecule has 1 aliphatic heterocycles. The molecule has 9 heteroatoms. The van der Waals surface area contributed by atoms with Gasteiger partial charge in [-0.1, -0.05) is 0 Å². The highest BCUT2D eigenvalue weighted by Crippen LogP contribution is 2.40. The minimum absolute atomic E-state index is 0.219. The molecule has 6 rings (SSSR count). The van der Waals surface area contributed by atoms with Gasteiger partial charge in [0.05, 0.1) is 22.6 Å². The highest BCUT2D eigenvalue weighted by atomic mass is 19.1. The zero-order valence-electron chi connectivity index (χ0n) is 17.6. The maximum atomic E-state index is 14.4. The van der Waals surface area contributed by atoms with Crippen LogP contribution in [0.2, 0.25) is 0 Å². The third-order valence-corrected chi connectivity index (χ3v) is 6.30. The molecule has 4 aromatic rings. The monoisotopic (exact) mass is 431 g/mol. The number of hydrogen-bond acceptors (Lipinski definition) is 6. The average Bonchev–Trinajstić information content (AvgIpc) is 3.41. The lowest BCUT2D eigenvalue weighted by Gasteiger charge is -2.36. The van der Waals surface area contributed by atoms with E-state index in [1.54, 1.807) is 42.2 Å². The number of halogens is 1. The molecular weight excluding hydrogens is 409 g/mol. The summed E-state index contributed by atoms with van der Waals surface area (Å²) in [4.78, 5) is 28.6. The van der Waals surface area contributed by atoms with Crippen LogP contribution < -0.4 is 15.5 Å². The lowest BCUT2D eigenvalue weighted by atomic mass is 10.1. The fourth-order valence-corrected chi connectivity index (χ4v) is 4.58. The zero-order chi connectivity index (χ0) is 21.9. The van der Waals surface area contributed by atoms with Gasteiger partial charge in [0, 0.05) is 56.0 Å². The van der Waals surface area contributed by atoms with Crippen molar-refractivity contribution in [2.75, 3.05) is 29.9 Å². The van der Waals surface area contributed by atoms with E-state index >= 15 is 0 Å². The van der Waals surface area contributed by atoms with E-state index in [0.717, 1.165) is 25.3 Å². The molecule has 4 heterocycles. The van der Waals surface area contributed by atoms with Gasteiger partial charge >= 0.3 is 0 Å². The van der Waals surface area contributed by atoms with Crippen molar-refractivity contribution in [1.82, 2.24) is 24.7 Å². The van der Waals surface area contributed by atoms with E-state index in [1.807, 2.05) is 6.07 Å². The lowest BCUT2D eigenvalue weighted by Crippen LogP contribution is -2.52. The van der Waals surface area contributed by atoms with Crippen molar-refractivity contribution in [1.29, 1.82) is 0 Å². The predicted molar refractivity (Wildman–Crippen MR) is 120 cm³/mol. The Morgan fingerprint density at radius 3 is 2.81 bits per heavy atom. The second-order valence-electron chi connectivity index (χ2n) is 8.66. The minimum Gasteiger partial charge on any atom is -0.367 e. The summed E-state index contributed by atoms with van der Waals surface area (Å²) in [6, 6.07) is 4.99. The summed E-state index contributed by atoms with van der Waals surface area (Å²) >= 11 is 0. The maximum absolute atomic E-state index is 14.4. The van der Waals surface area contributed by atoms with Crippen molar-refractivity contribution in [3.8, 4) is 0 Å². The van der Waals surface area contributed by atoms with Crippen molar-refractivity contribution in [3.63, 3.8) is 0 Å². The van der Waals surface area contributed by atoms with Crippen LogP contribution in [0.5, 0.6) is 0 Å².